The van der Waals surface area contributed by atoms with E-state index in [2.05, 4.69) is 66.2 Å². The zero-order valence-corrected chi connectivity index (χ0v) is 29.6. The Morgan fingerprint density at radius 3 is 2.79 bits per heavy atom. The SMILES string of the molecule is COc1ccc2c(c1)OCCN1C3=CC(C(=O)NC(C)(CI)c4nc5ccc(-c6nc(C)no6)cc5[nH]4)=CCC3C(C3CCCCC3)=C21. The Labute approximate surface area is 293 Å². The van der Waals surface area contributed by atoms with Crippen LogP contribution in [0, 0.1) is 18.8 Å². The number of hydrogen-bond donors (Lipinski definition) is 2. The first-order valence-electron chi connectivity index (χ1n) is 16.8. The number of rotatable bonds is 7. The lowest BCUT2D eigenvalue weighted by molar-refractivity contribution is -0.118. The first-order valence-corrected chi connectivity index (χ1v) is 18.3. The van der Waals surface area contributed by atoms with E-state index in [0.717, 1.165) is 46.6 Å². The van der Waals surface area contributed by atoms with E-state index in [-0.39, 0.29) is 11.8 Å². The van der Waals surface area contributed by atoms with Crippen LogP contribution in [0.25, 0.3) is 28.2 Å². The summed E-state index contributed by atoms with van der Waals surface area (Å²) in [7, 11) is 1.69. The van der Waals surface area contributed by atoms with E-state index in [4.69, 9.17) is 19.0 Å². The molecule has 4 heterocycles. The molecule has 0 bridgehead atoms. The molecular formula is C37H39IN6O4. The first kappa shape index (κ1) is 31.2. The Bertz CT molecular complexity index is 2000. The highest BCUT2D eigenvalue weighted by Gasteiger charge is 2.43. The van der Waals surface area contributed by atoms with Crippen molar-refractivity contribution in [3.8, 4) is 23.0 Å². The summed E-state index contributed by atoms with van der Waals surface area (Å²) in [6.45, 7) is 5.10. The summed E-state index contributed by atoms with van der Waals surface area (Å²) in [5.41, 5.74) is 7.53. The van der Waals surface area contributed by atoms with Crippen LogP contribution in [0.1, 0.15) is 62.7 Å². The molecule has 1 amide bonds. The van der Waals surface area contributed by atoms with Crippen LogP contribution in [0.15, 0.2) is 69.9 Å². The molecule has 2 aliphatic carbocycles. The molecule has 4 aromatic rings. The van der Waals surface area contributed by atoms with Crippen molar-refractivity contribution in [3.05, 3.63) is 82.6 Å². The number of methoxy groups -OCH3 is 1. The van der Waals surface area contributed by atoms with E-state index in [9.17, 15) is 4.79 Å². The second kappa shape index (κ2) is 12.4. The molecule has 10 nitrogen and oxygen atoms in total. The molecule has 248 valence electrons. The first-order chi connectivity index (χ1) is 23.3. The van der Waals surface area contributed by atoms with Gasteiger partial charge >= 0.3 is 0 Å². The van der Waals surface area contributed by atoms with Crippen molar-refractivity contribution in [3.63, 3.8) is 0 Å². The third kappa shape index (κ3) is 5.39. The van der Waals surface area contributed by atoms with E-state index < -0.39 is 5.54 Å². The van der Waals surface area contributed by atoms with Gasteiger partial charge in [0.25, 0.3) is 11.8 Å². The minimum Gasteiger partial charge on any atom is -0.497 e. The number of halogens is 1. The Hall–Kier alpha value is -4.13. The number of fused-ring (bicyclic) bond motifs is 6. The number of alkyl halides is 1. The predicted molar refractivity (Wildman–Crippen MR) is 191 cm³/mol. The van der Waals surface area contributed by atoms with Crippen molar-refractivity contribution >= 4 is 45.2 Å². The van der Waals surface area contributed by atoms with E-state index >= 15 is 0 Å². The number of H-pyrrole nitrogens is 1. The average molecular weight is 759 g/mol. The molecular weight excluding hydrogens is 719 g/mol. The van der Waals surface area contributed by atoms with Gasteiger partial charge in [0.1, 0.15) is 29.5 Å². The molecule has 48 heavy (non-hydrogen) atoms. The topological polar surface area (TPSA) is 118 Å². The Morgan fingerprint density at radius 2 is 2.02 bits per heavy atom. The van der Waals surface area contributed by atoms with Gasteiger partial charge in [-0.1, -0.05) is 53.1 Å². The van der Waals surface area contributed by atoms with E-state index in [0.29, 0.717) is 40.1 Å². The number of hydrogen-bond acceptors (Lipinski definition) is 8. The minimum absolute atomic E-state index is 0.105. The summed E-state index contributed by atoms with van der Waals surface area (Å²) in [5, 5.41) is 7.25. The lowest BCUT2D eigenvalue weighted by Gasteiger charge is -2.30. The zero-order valence-electron chi connectivity index (χ0n) is 27.4. The highest BCUT2D eigenvalue weighted by Crippen LogP contribution is 2.53. The fraction of sp³-hybridized carbons (Fsp3) is 0.405. The number of nitrogens with zero attached hydrogens (tertiary/aromatic N) is 4. The van der Waals surface area contributed by atoms with Crippen molar-refractivity contribution in [2.75, 3.05) is 24.7 Å². The number of aromatic amines is 1. The summed E-state index contributed by atoms with van der Waals surface area (Å²) in [6.07, 6.45) is 11.3. The second-order valence-corrected chi connectivity index (χ2v) is 14.2. The molecule has 1 saturated carbocycles. The summed E-state index contributed by atoms with van der Waals surface area (Å²) in [6, 6.07) is 12.0. The van der Waals surface area contributed by atoms with Crippen molar-refractivity contribution in [1.82, 2.24) is 30.3 Å². The van der Waals surface area contributed by atoms with Gasteiger partial charge < -0.3 is 29.2 Å². The zero-order chi connectivity index (χ0) is 33.0. The van der Waals surface area contributed by atoms with Gasteiger partial charge in [-0.15, -0.1) is 0 Å². The number of imidazole rings is 1. The maximum Gasteiger partial charge on any atom is 0.257 e. The number of amides is 1. The van der Waals surface area contributed by atoms with Crippen LogP contribution in [0.4, 0.5) is 0 Å². The van der Waals surface area contributed by atoms with Crippen LogP contribution >= 0.6 is 22.6 Å². The third-order valence-corrected chi connectivity index (χ3v) is 11.7. The van der Waals surface area contributed by atoms with Gasteiger partial charge in [0.2, 0.25) is 0 Å². The number of aryl methyl sites for hydroxylation is 1. The standard InChI is InChI=1S/C37H39IN6O4/c1-21-39-35(48-43-21)24-10-14-28-29(17-24)41-36(40-28)37(2,20-38)42-34(45)23-9-12-26-30(18-23)44-15-16-47-31-19-25(46-3)11-13-27(31)33(44)32(26)22-7-5-4-6-8-22/h9-11,13-14,17-19,22,26H,4-8,12,15-16,20H2,1-3H3,(H,40,41)(H,42,45). The van der Waals surface area contributed by atoms with E-state index in [1.807, 2.05) is 37.3 Å². The molecule has 4 aliphatic rings. The van der Waals surface area contributed by atoms with Crippen molar-refractivity contribution in [2.24, 2.45) is 11.8 Å². The van der Waals surface area contributed by atoms with Gasteiger partial charge in [0.15, 0.2) is 5.82 Å². The maximum atomic E-state index is 14.1. The van der Waals surface area contributed by atoms with Crippen LogP contribution in [0.3, 0.4) is 0 Å². The molecule has 0 spiro atoms. The monoisotopic (exact) mass is 758 g/mol. The fourth-order valence-corrected chi connectivity index (χ4v) is 8.32. The molecule has 2 unspecified atom stereocenters. The normalized spacial score (nSPS) is 20.6. The number of benzene rings is 2. The highest BCUT2D eigenvalue weighted by molar-refractivity contribution is 14.1. The lowest BCUT2D eigenvalue weighted by atomic mass is 9.75. The van der Waals surface area contributed by atoms with Gasteiger partial charge in [-0.05, 0) is 81.0 Å². The fourth-order valence-electron chi connectivity index (χ4n) is 7.77. The molecule has 2 aromatic heterocycles. The summed E-state index contributed by atoms with van der Waals surface area (Å²) >= 11 is 2.32. The molecule has 2 N–H and O–H groups in total. The molecule has 2 aromatic carbocycles. The van der Waals surface area contributed by atoms with Gasteiger partial charge in [-0.2, -0.15) is 4.98 Å². The van der Waals surface area contributed by atoms with Gasteiger partial charge in [-0.3, -0.25) is 4.79 Å². The summed E-state index contributed by atoms with van der Waals surface area (Å²) in [4.78, 5) is 29.2. The molecule has 2 atom stereocenters. The lowest BCUT2D eigenvalue weighted by Crippen LogP contribution is -2.46. The smallest absolute Gasteiger partial charge is 0.257 e. The Balaban J connectivity index is 1.09. The average Bonchev–Trinajstić information content (AvgIpc) is 3.80. The molecule has 1 fully saturated rings. The molecule has 11 heteroatoms. The van der Waals surface area contributed by atoms with Crippen molar-refractivity contribution in [2.45, 2.75) is 57.9 Å². The van der Waals surface area contributed by atoms with Crippen LogP contribution < -0.4 is 14.8 Å². The number of nitrogens with one attached hydrogen (secondary N) is 2. The number of carbonyl (C=O) groups is 1. The Morgan fingerprint density at radius 1 is 1.17 bits per heavy atom. The van der Waals surface area contributed by atoms with Crippen molar-refractivity contribution in [1.29, 1.82) is 0 Å². The number of allylic oxidation sites excluding steroid dienone is 2. The summed E-state index contributed by atoms with van der Waals surface area (Å²) in [5.74, 6) is 4.09. The highest BCUT2D eigenvalue weighted by atomic mass is 127. The third-order valence-electron chi connectivity index (χ3n) is 10.2. The maximum absolute atomic E-state index is 14.1. The molecule has 8 rings (SSSR count). The van der Waals surface area contributed by atoms with E-state index in [1.165, 1.54) is 49.1 Å². The number of aromatic nitrogens is 4. The predicted octanol–water partition coefficient (Wildman–Crippen LogP) is 7.23. The van der Waals surface area contributed by atoms with Gasteiger partial charge in [0, 0.05) is 38.8 Å². The molecule has 0 radical (unpaired) electrons. The second-order valence-electron chi connectivity index (χ2n) is 13.4. The van der Waals surface area contributed by atoms with Crippen LogP contribution in [0.5, 0.6) is 11.5 Å². The number of ether oxygens (including phenoxy) is 2. The van der Waals surface area contributed by atoms with Crippen LogP contribution in [-0.2, 0) is 10.3 Å². The van der Waals surface area contributed by atoms with Crippen molar-refractivity contribution < 1.29 is 18.8 Å². The minimum atomic E-state index is -0.727. The van der Waals surface area contributed by atoms with Gasteiger partial charge in [-0.25, -0.2) is 4.98 Å². The Kier molecular flexibility index (Phi) is 8.05. The largest absolute Gasteiger partial charge is 0.497 e. The quantitative estimate of drug-likeness (QED) is 0.150. The van der Waals surface area contributed by atoms with Crippen LogP contribution in [0.2, 0.25) is 0 Å². The van der Waals surface area contributed by atoms with Gasteiger partial charge in [0.05, 0.1) is 30.4 Å². The molecule has 2 aliphatic heterocycles. The summed E-state index contributed by atoms with van der Waals surface area (Å²) < 4.78 is 17.8. The van der Waals surface area contributed by atoms with E-state index in [1.54, 1.807) is 14.0 Å². The molecule has 0 saturated heterocycles. The van der Waals surface area contributed by atoms with Crippen LogP contribution in [-0.4, -0.2) is 55.6 Å². The number of carbonyl (C=O) groups excluding carboxylic acids is 1.